The van der Waals surface area contributed by atoms with Crippen molar-refractivity contribution < 1.29 is 9.59 Å². The van der Waals surface area contributed by atoms with Gasteiger partial charge in [0.15, 0.2) is 0 Å². The van der Waals surface area contributed by atoms with E-state index in [1.165, 1.54) is 4.90 Å². The summed E-state index contributed by atoms with van der Waals surface area (Å²) in [5.41, 5.74) is 1.50. The van der Waals surface area contributed by atoms with Crippen LogP contribution in [0.5, 0.6) is 0 Å². The first-order chi connectivity index (χ1) is 11.1. The standard InChI is InChI=1S/C18H14ClNO2S/c1-2-17(21)20-14-9-5-6-10-15(14)23-16(11-18(20)22)12-7-3-4-8-13(12)19/h2-10,16H,1,11H2. The van der Waals surface area contributed by atoms with Gasteiger partial charge in [0.2, 0.25) is 5.91 Å². The second-order valence-corrected chi connectivity index (χ2v) is 6.72. The van der Waals surface area contributed by atoms with Gasteiger partial charge in [-0.25, -0.2) is 4.90 Å². The molecule has 2 aromatic rings. The molecule has 1 atom stereocenters. The molecule has 1 aliphatic heterocycles. The summed E-state index contributed by atoms with van der Waals surface area (Å²) in [6, 6.07) is 14.9. The van der Waals surface area contributed by atoms with Crippen molar-refractivity contribution in [3.8, 4) is 0 Å². The molecular weight excluding hydrogens is 330 g/mol. The number of para-hydroxylation sites is 1. The maximum atomic E-state index is 12.7. The lowest BCUT2D eigenvalue weighted by atomic mass is 10.1. The quantitative estimate of drug-likeness (QED) is 0.746. The number of halogens is 1. The van der Waals surface area contributed by atoms with E-state index < -0.39 is 5.91 Å². The largest absolute Gasteiger partial charge is 0.274 e. The van der Waals surface area contributed by atoms with Crippen LogP contribution in [-0.2, 0) is 9.59 Å². The third-order valence-corrected chi connectivity index (χ3v) is 5.28. The maximum absolute atomic E-state index is 12.7. The van der Waals surface area contributed by atoms with E-state index in [9.17, 15) is 9.59 Å². The van der Waals surface area contributed by atoms with Crippen LogP contribution in [0.4, 0.5) is 5.69 Å². The Morgan fingerprint density at radius 2 is 1.91 bits per heavy atom. The predicted molar refractivity (Wildman–Crippen MR) is 93.8 cm³/mol. The minimum atomic E-state index is -0.414. The van der Waals surface area contributed by atoms with Crippen molar-refractivity contribution in [3.05, 3.63) is 71.8 Å². The number of carbonyl (C=O) groups is 2. The van der Waals surface area contributed by atoms with Gasteiger partial charge in [-0.3, -0.25) is 9.59 Å². The van der Waals surface area contributed by atoms with Crippen molar-refractivity contribution in [2.75, 3.05) is 4.90 Å². The van der Waals surface area contributed by atoms with Gasteiger partial charge in [0.1, 0.15) is 0 Å². The van der Waals surface area contributed by atoms with E-state index in [1.54, 1.807) is 17.8 Å². The molecule has 1 unspecified atom stereocenters. The van der Waals surface area contributed by atoms with Crippen LogP contribution in [0.2, 0.25) is 5.02 Å². The second kappa shape index (κ2) is 6.60. The highest BCUT2D eigenvalue weighted by Crippen LogP contribution is 2.47. The normalized spacial score (nSPS) is 17.3. The summed E-state index contributed by atoms with van der Waals surface area (Å²) in [7, 11) is 0. The highest BCUT2D eigenvalue weighted by molar-refractivity contribution is 7.99. The van der Waals surface area contributed by atoms with Gasteiger partial charge in [0.25, 0.3) is 5.91 Å². The van der Waals surface area contributed by atoms with E-state index in [1.807, 2.05) is 42.5 Å². The zero-order chi connectivity index (χ0) is 16.4. The van der Waals surface area contributed by atoms with Crippen LogP contribution in [0.1, 0.15) is 17.2 Å². The zero-order valence-electron chi connectivity index (χ0n) is 12.2. The Kier molecular flexibility index (Phi) is 4.55. The number of anilines is 1. The Morgan fingerprint density at radius 3 is 2.65 bits per heavy atom. The number of imide groups is 1. The van der Waals surface area contributed by atoms with Gasteiger partial charge >= 0.3 is 0 Å². The van der Waals surface area contributed by atoms with Crippen LogP contribution in [0.15, 0.2) is 66.1 Å². The molecule has 2 amide bonds. The molecule has 3 nitrogen and oxygen atoms in total. The van der Waals surface area contributed by atoms with Crippen LogP contribution in [0, 0.1) is 0 Å². The van der Waals surface area contributed by atoms with E-state index in [0.717, 1.165) is 16.5 Å². The van der Waals surface area contributed by atoms with Crippen LogP contribution in [0.25, 0.3) is 0 Å². The van der Waals surface area contributed by atoms with Crippen molar-refractivity contribution >= 4 is 40.9 Å². The first-order valence-corrected chi connectivity index (χ1v) is 8.37. The number of hydrogen-bond acceptors (Lipinski definition) is 3. The van der Waals surface area contributed by atoms with Crippen LogP contribution in [0.3, 0.4) is 0 Å². The van der Waals surface area contributed by atoms with Crippen LogP contribution < -0.4 is 4.90 Å². The average molecular weight is 344 g/mol. The minimum Gasteiger partial charge on any atom is -0.274 e. The lowest BCUT2D eigenvalue weighted by Gasteiger charge is -2.18. The molecule has 1 heterocycles. The van der Waals surface area contributed by atoms with Crippen molar-refractivity contribution in [1.29, 1.82) is 0 Å². The number of thioether (sulfide) groups is 1. The SMILES string of the molecule is C=CC(=O)N1C(=O)CC(c2ccccc2Cl)Sc2ccccc21. The Balaban J connectivity index is 2.09. The fraction of sp³-hybridized carbons (Fsp3) is 0.111. The van der Waals surface area contributed by atoms with Crippen LogP contribution >= 0.6 is 23.4 Å². The fourth-order valence-corrected chi connectivity index (χ4v) is 4.20. The lowest BCUT2D eigenvalue weighted by Crippen LogP contribution is -2.35. The molecule has 1 aliphatic rings. The molecule has 0 spiro atoms. The van der Waals surface area contributed by atoms with Gasteiger partial charge in [-0.2, -0.15) is 0 Å². The van der Waals surface area contributed by atoms with Crippen LogP contribution in [-0.4, -0.2) is 11.8 Å². The molecular formula is C18H14ClNO2S. The Hall–Kier alpha value is -2.04. The highest BCUT2D eigenvalue weighted by Gasteiger charge is 2.32. The molecule has 0 N–H and O–H groups in total. The summed E-state index contributed by atoms with van der Waals surface area (Å²) in [5, 5.41) is 0.485. The molecule has 0 aliphatic carbocycles. The summed E-state index contributed by atoms with van der Waals surface area (Å²) in [4.78, 5) is 26.9. The van der Waals surface area contributed by atoms with Gasteiger partial charge in [0.05, 0.1) is 5.69 Å². The smallest absolute Gasteiger partial charge is 0.257 e. The zero-order valence-corrected chi connectivity index (χ0v) is 13.8. The number of nitrogens with zero attached hydrogens (tertiary/aromatic N) is 1. The average Bonchev–Trinajstić information content (AvgIpc) is 2.70. The molecule has 0 saturated carbocycles. The summed E-state index contributed by atoms with van der Waals surface area (Å²) in [5.74, 6) is -0.667. The van der Waals surface area contributed by atoms with Crippen molar-refractivity contribution in [1.82, 2.24) is 0 Å². The second-order valence-electron chi connectivity index (χ2n) is 5.07. The first-order valence-electron chi connectivity index (χ1n) is 7.11. The van der Waals surface area contributed by atoms with E-state index in [0.29, 0.717) is 10.7 Å². The van der Waals surface area contributed by atoms with Gasteiger partial charge in [-0.1, -0.05) is 48.5 Å². The Labute approximate surface area is 143 Å². The first kappa shape index (κ1) is 15.8. The highest BCUT2D eigenvalue weighted by atomic mass is 35.5. The molecule has 2 aromatic carbocycles. The third kappa shape index (κ3) is 3.05. The maximum Gasteiger partial charge on any atom is 0.257 e. The molecule has 5 heteroatoms. The van der Waals surface area contributed by atoms with E-state index in [2.05, 4.69) is 6.58 Å². The van der Waals surface area contributed by atoms with E-state index in [-0.39, 0.29) is 17.6 Å². The van der Waals surface area contributed by atoms with Gasteiger partial charge < -0.3 is 0 Å². The third-order valence-electron chi connectivity index (χ3n) is 3.63. The van der Waals surface area contributed by atoms with Gasteiger partial charge in [0, 0.05) is 21.6 Å². The van der Waals surface area contributed by atoms with Crippen molar-refractivity contribution in [2.45, 2.75) is 16.6 Å². The minimum absolute atomic E-state index is 0.139. The van der Waals surface area contributed by atoms with E-state index in [4.69, 9.17) is 11.6 Å². The van der Waals surface area contributed by atoms with Crippen molar-refractivity contribution in [2.24, 2.45) is 0 Å². The predicted octanol–water partition coefficient (Wildman–Crippen LogP) is 4.62. The summed E-state index contributed by atoms with van der Waals surface area (Å²) >= 11 is 7.84. The van der Waals surface area contributed by atoms with Gasteiger partial charge in [-0.05, 0) is 29.8 Å². The number of fused-ring (bicyclic) bond motifs is 1. The molecule has 0 radical (unpaired) electrons. The summed E-state index contributed by atoms with van der Waals surface area (Å²) in [6.07, 6.45) is 1.36. The molecule has 0 fully saturated rings. The number of amides is 2. The number of rotatable bonds is 2. The number of hydrogen-bond donors (Lipinski definition) is 0. The Morgan fingerprint density at radius 1 is 1.22 bits per heavy atom. The topological polar surface area (TPSA) is 37.4 Å². The van der Waals surface area contributed by atoms with E-state index >= 15 is 0 Å². The summed E-state index contributed by atoms with van der Waals surface area (Å²) < 4.78 is 0. The monoisotopic (exact) mass is 343 g/mol. The molecule has 0 aromatic heterocycles. The fourth-order valence-electron chi connectivity index (χ4n) is 2.56. The van der Waals surface area contributed by atoms with Crippen molar-refractivity contribution in [3.63, 3.8) is 0 Å². The molecule has 116 valence electrons. The number of benzene rings is 2. The molecule has 0 bridgehead atoms. The molecule has 3 rings (SSSR count). The lowest BCUT2D eigenvalue weighted by molar-refractivity contribution is -0.124. The Bertz CT molecular complexity index is 790. The molecule has 23 heavy (non-hydrogen) atoms. The summed E-state index contributed by atoms with van der Waals surface area (Å²) in [6.45, 7) is 3.49. The number of carbonyl (C=O) groups excluding carboxylic acids is 2. The molecule has 0 saturated heterocycles. The van der Waals surface area contributed by atoms with Gasteiger partial charge in [-0.15, -0.1) is 11.8 Å².